The summed E-state index contributed by atoms with van der Waals surface area (Å²) < 4.78 is 0. The second-order valence-electron chi connectivity index (χ2n) is 2.87. The predicted octanol–water partition coefficient (Wildman–Crippen LogP) is 2.20. The number of aromatic nitrogens is 1. The molecule has 3 nitrogen and oxygen atoms in total. The Balaban J connectivity index is 2.10. The molecule has 0 bridgehead atoms. The van der Waals surface area contributed by atoms with Crippen molar-refractivity contribution in [3.05, 3.63) is 16.1 Å². The lowest BCUT2D eigenvalue weighted by molar-refractivity contribution is -0.136. The van der Waals surface area contributed by atoms with Gasteiger partial charge in [-0.15, -0.1) is 11.3 Å². The number of carboxylic acid groups (broad SMARTS) is 1. The molecule has 0 fully saturated rings. The maximum Gasteiger partial charge on any atom is 0.304 e. The van der Waals surface area contributed by atoms with Crippen LogP contribution in [-0.4, -0.2) is 27.6 Å². The lowest BCUT2D eigenvalue weighted by atomic mass is 10.3. The molecule has 0 aliphatic carbocycles. The van der Waals surface area contributed by atoms with E-state index < -0.39 is 5.97 Å². The van der Waals surface area contributed by atoms with Crippen molar-refractivity contribution < 1.29 is 9.90 Å². The monoisotopic (exact) mass is 231 g/mol. The van der Waals surface area contributed by atoms with Gasteiger partial charge in [0, 0.05) is 10.6 Å². The number of hydrogen-bond donors (Lipinski definition) is 1. The fourth-order valence-electron chi connectivity index (χ4n) is 0.993. The van der Waals surface area contributed by atoms with Crippen molar-refractivity contribution in [3.8, 4) is 0 Å². The van der Waals surface area contributed by atoms with Crippen LogP contribution in [0.2, 0.25) is 0 Å². The highest BCUT2D eigenvalue weighted by Crippen LogP contribution is 2.15. The van der Waals surface area contributed by atoms with Gasteiger partial charge in [-0.25, -0.2) is 4.98 Å². The van der Waals surface area contributed by atoms with Gasteiger partial charge in [-0.05, 0) is 19.1 Å². The smallest absolute Gasteiger partial charge is 0.304 e. The first kappa shape index (κ1) is 11.5. The number of hydrogen-bond acceptors (Lipinski definition) is 4. The van der Waals surface area contributed by atoms with E-state index in [1.807, 2.05) is 12.4 Å². The van der Waals surface area contributed by atoms with Gasteiger partial charge in [0.2, 0.25) is 0 Å². The fraction of sp³-hybridized carbons (Fsp3) is 0.556. The highest BCUT2D eigenvalue weighted by molar-refractivity contribution is 7.99. The van der Waals surface area contributed by atoms with E-state index in [2.05, 4.69) is 4.98 Å². The van der Waals surface area contributed by atoms with E-state index in [-0.39, 0.29) is 6.42 Å². The Hall–Kier alpha value is -0.550. The van der Waals surface area contributed by atoms with Gasteiger partial charge in [0.15, 0.2) is 0 Å². The quantitative estimate of drug-likeness (QED) is 0.763. The van der Waals surface area contributed by atoms with E-state index in [0.717, 1.165) is 17.9 Å². The SMILES string of the molecule is Cc1ncsc1CCSCCC(=O)O. The van der Waals surface area contributed by atoms with Crippen molar-refractivity contribution in [2.45, 2.75) is 19.8 Å². The molecule has 1 aromatic heterocycles. The number of carboxylic acids is 1. The second kappa shape index (κ2) is 6.03. The van der Waals surface area contributed by atoms with Gasteiger partial charge in [-0.3, -0.25) is 4.79 Å². The molecule has 0 atom stereocenters. The molecule has 5 heteroatoms. The maximum atomic E-state index is 10.2. The zero-order chi connectivity index (χ0) is 10.4. The van der Waals surface area contributed by atoms with Crippen LogP contribution in [0.1, 0.15) is 17.0 Å². The third-order valence-corrected chi connectivity index (χ3v) is 3.76. The van der Waals surface area contributed by atoms with Crippen molar-refractivity contribution >= 4 is 29.1 Å². The van der Waals surface area contributed by atoms with Crippen LogP contribution < -0.4 is 0 Å². The van der Waals surface area contributed by atoms with Crippen LogP contribution in [0, 0.1) is 6.92 Å². The Morgan fingerprint density at radius 1 is 1.64 bits per heavy atom. The molecular formula is C9H13NO2S2. The van der Waals surface area contributed by atoms with Crippen LogP contribution in [-0.2, 0) is 11.2 Å². The Bertz CT molecular complexity index is 299. The van der Waals surface area contributed by atoms with E-state index in [1.165, 1.54) is 4.88 Å². The lowest BCUT2D eigenvalue weighted by Gasteiger charge is -1.98. The number of thiazole rings is 1. The minimum absolute atomic E-state index is 0.256. The molecule has 1 N–H and O–H groups in total. The summed E-state index contributed by atoms with van der Waals surface area (Å²) in [5.41, 5.74) is 2.96. The third-order valence-electron chi connectivity index (χ3n) is 1.78. The Morgan fingerprint density at radius 3 is 3.00 bits per heavy atom. The Morgan fingerprint density at radius 2 is 2.43 bits per heavy atom. The van der Waals surface area contributed by atoms with E-state index in [9.17, 15) is 4.79 Å². The normalized spacial score (nSPS) is 10.4. The molecule has 0 aliphatic rings. The summed E-state index contributed by atoms with van der Waals surface area (Å²) in [5.74, 6) is 0.968. The molecule has 0 spiro atoms. The van der Waals surface area contributed by atoms with Crippen molar-refractivity contribution in [2.24, 2.45) is 0 Å². The Labute approximate surface area is 91.6 Å². The predicted molar refractivity (Wildman–Crippen MR) is 60.1 cm³/mol. The first-order valence-corrected chi connectivity index (χ1v) is 6.42. The highest BCUT2D eigenvalue weighted by Gasteiger charge is 2.01. The number of aliphatic carboxylic acids is 1. The summed E-state index contributed by atoms with van der Waals surface area (Å²) in [4.78, 5) is 15.7. The van der Waals surface area contributed by atoms with Gasteiger partial charge < -0.3 is 5.11 Å². The van der Waals surface area contributed by atoms with Crippen LogP contribution in [0.15, 0.2) is 5.51 Å². The van der Waals surface area contributed by atoms with Crippen LogP contribution in [0.5, 0.6) is 0 Å². The zero-order valence-corrected chi connectivity index (χ0v) is 9.66. The average molecular weight is 231 g/mol. The summed E-state index contributed by atoms with van der Waals surface area (Å²) in [6.45, 7) is 2.01. The Kier molecular flexibility index (Phi) is 4.97. The van der Waals surface area contributed by atoms with Crippen LogP contribution >= 0.6 is 23.1 Å². The van der Waals surface area contributed by atoms with Crippen molar-refractivity contribution in [1.29, 1.82) is 0 Å². The molecule has 1 rings (SSSR count). The van der Waals surface area contributed by atoms with Crippen LogP contribution in [0.4, 0.5) is 0 Å². The standard InChI is InChI=1S/C9H13NO2S2/c1-7-8(14-6-10-7)2-4-13-5-3-9(11)12/h6H,2-5H2,1H3,(H,11,12). The summed E-state index contributed by atoms with van der Waals surface area (Å²) >= 11 is 3.36. The van der Waals surface area contributed by atoms with Gasteiger partial charge in [-0.1, -0.05) is 0 Å². The van der Waals surface area contributed by atoms with E-state index >= 15 is 0 Å². The van der Waals surface area contributed by atoms with Crippen LogP contribution in [0.25, 0.3) is 0 Å². The first-order valence-electron chi connectivity index (χ1n) is 4.38. The van der Waals surface area contributed by atoms with Gasteiger partial charge in [0.05, 0.1) is 17.6 Å². The number of rotatable bonds is 6. The van der Waals surface area contributed by atoms with Gasteiger partial charge in [0.1, 0.15) is 0 Å². The van der Waals surface area contributed by atoms with E-state index in [1.54, 1.807) is 23.1 Å². The molecule has 0 aromatic carbocycles. The number of thioether (sulfide) groups is 1. The van der Waals surface area contributed by atoms with Crippen molar-refractivity contribution in [2.75, 3.05) is 11.5 Å². The van der Waals surface area contributed by atoms with Gasteiger partial charge >= 0.3 is 5.97 Å². The third kappa shape index (κ3) is 4.11. The first-order chi connectivity index (χ1) is 6.70. The topological polar surface area (TPSA) is 50.2 Å². The molecule has 1 aromatic rings. The molecule has 78 valence electrons. The minimum Gasteiger partial charge on any atom is -0.481 e. The summed E-state index contributed by atoms with van der Waals surface area (Å²) in [6, 6.07) is 0. The molecule has 0 aliphatic heterocycles. The maximum absolute atomic E-state index is 10.2. The molecule has 0 saturated carbocycles. The summed E-state index contributed by atoms with van der Waals surface area (Å²) in [7, 11) is 0. The highest BCUT2D eigenvalue weighted by atomic mass is 32.2. The fourth-order valence-corrected chi connectivity index (χ4v) is 2.77. The van der Waals surface area contributed by atoms with E-state index in [4.69, 9.17) is 5.11 Å². The van der Waals surface area contributed by atoms with Crippen molar-refractivity contribution in [3.63, 3.8) is 0 Å². The number of nitrogens with zero attached hydrogens (tertiary/aromatic N) is 1. The molecule has 0 saturated heterocycles. The molecule has 1 heterocycles. The van der Waals surface area contributed by atoms with E-state index in [0.29, 0.717) is 5.75 Å². The number of aryl methyl sites for hydroxylation is 2. The van der Waals surface area contributed by atoms with Crippen LogP contribution in [0.3, 0.4) is 0 Å². The molecule has 0 unspecified atom stereocenters. The largest absolute Gasteiger partial charge is 0.481 e. The lowest BCUT2D eigenvalue weighted by Crippen LogP contribution is -1.97. The summed E-state index contributed by atoms with van der Waals surface area (Å²) in [6.07, 6.45) is 1.26. The van der Waals surface area contributed by atoms with Crippen molar-refractivity contribution in [1.82, 2.24) is 4.98 Å². The summed E-state index contributed by atoms with van der Waals surface area (Å²) in [5, 5.41) is 8.42. The minimum atomic E-state index is -0.716. The second-order valence-corrected chi connectivity index (χ2v) is 5.03. The number of carbonyl (C=O) groups is 1. The zero-order valence-electron chi connectivity index (χ0n) is 8.02. The molecular weight excluding hydrogens is 218 g/mol. The molecule has 0 amide bonds. The van der Waals surface area contributed by atoms with Gasteiger partial charge in [-0.2, -0.15) is 11.8 Å². The van der Waals surface area contributed by atoms with Gasteiger partial charge in [0.25, 0.3) is 0 Å². The molecule has 0 radical (unpaired) electrons. The average Bonchev–Trinajstić information content (AvgIpc) is 2.51. The molecule has 14 heavy (non-hydrogen) atoms.